The van der Waals surface area contributed by atoms with E-state index in [-0.39, 0.29) is 0 Å². The van der Waals surface area contributed by atoms with Crippen LogP contribution in [0.1, 0.15) is 43.7 Å². The highest BCUT2D eigenvalue weighted by Gasteiger charge is 2.25. The third-order valence-corrected chi connectivity index (χ3v) is 5.55. The molecule has 1 unspecified atom stereocenters. The van der Waals surface area contributed by atoms with E-state index >= 15 is 0 Å². The molecule has 3 aromatic rings. The Bertz CT molecular complexity index is 857. The summed E-state index contributed by atoms with van der Waals surface area (Å²) in [6, 6.07) is 12.3. The van der Waals surface area contributed by atoms with Crippen LogP contribution in [0.5, 0.6) is 0 Å². The highest BCUT2D eigenvalue weighted by Crippen LogP contribution is 2.40. The summed E-state index contributed by atoms with van der Waals surface area (Å²) in [4.78, 5) is 4.17. The Morgan fingerprint density at radius 3 is 2.46 bits per heavy atom. The topological polar surface area (TPSA) is 67.6 Å². The van der Waals surface area contributed by atoms with E-state index in [9.17, 15) is 0 Å². The number of aromatic amines is 1. The molecule has 1 fully saturated rings. The van der Waals surface area contributed by atoms with Crippen LogP contribution in [0, 0.1) is 0 Å². The van der Waals surface area contributed by atoms with Gasteiger partial charge in [-0.25, -0.2) is 0 Å². The Hall–Kier alpha value is -2.17. The summed E-state index contributed by atoms with van der Waals surface area (Å²) in [6.07, 6.45) is 9.25. The van der Waals surface area contributed by atoms with Crippen molar-refractivity contribution in [2.45, 2.75) is 44.1 Å². The van der Waals surface area contributed by atoms with Crippen molar-refractivity contribution >= 4 is 11.6 Å². The van der Waals surface area contributed by atoms with Gasteiger partial charge in [0, 0.05) is 46.2 Å². The van der Waals surface area contributed by atoms with E-state index in [1.807, 2.05) is 36.7 Å². The van der Waals surface area contributed by atoms with Gasteiger partial charge in [-0.2, -0.15) is 5.10 Å². The largest absolute Gasteiger partial charge is 0.328 e. The van der Waals surface area contributed by atoms with Crippen molar-refractivity contribution in [1.29, 1.82) is 0 Å². The van der Waals surface area contributed by atoms with Crippen LogP contribution in [-0.4, -0.2) is 21.2 Å². The zero-order valence-electron chi connectivity index (χ0n) is 14.7. The lowest BCUT2D eigenvalue weighted by atomic mass is 9.89. The van der Waals surface area contributed by atoms with Crippen LogP contribution in [0.25, 0.3) is 22.4 Å². The molecule has 4 nitrogen and oxygen atoms in total. The van der Waals surface area contributed by atoms with E-state index in [4.69, 9.17) is 22.4 Å². The highest BCUT2D eigenvalue weighted by molar-refractivity contribution is 6.30. The number of benzene rings is 1. The fourth-order valence-corrected chi connectivity index (χ4v) is 4.02. The predicted molar refractivity (Wildman–Crippen MR) is 106 cm³/mol. The maximum absolute atomic E-state index is 6.19. The monoisotopic (exact) mass is 366 g/mol. The number of rotatable bonds is 3. The lowest BCUT2D eigenvalue weighted by molar-refractivity contribution is 0.560. The van der Waals surface area contributed by atoms with Crippen molar-refractivity contribution in [3.63, 3.8) is 0 Å². The van der Waals surface area contributed by atoms with Crippen molar-refractivity contribution in [1.82, 2.24) is 15.2 Å². The van der Waals surface area contributed by atoms with Crippen molar-refractivity contribution < 1.29 is 0 Å². The molecule has 0 amide bonds. The van der Waals surface area contributed by atoms with Crippen LogP contribution in [-0.2, 0) is 0 Å². The number of nitrogens with zero attached hydrogens (tertiary/aromatic N) is 2. The lowest BCUT2D eigenvalue weighted by Crippen LogP contribution is -2.18. The number of aromatic nitrogens is 3. The Kier molecular flexibility index (Phi) is 5.05. The second-order valence-corrected chi connectivity index (χ2v) is 7.51. The van der Waals surface area contributed by atoms with Crippen LogP contribution in [0.4, 0.5) is 0 Å². The summed E-state index contributed by atoms with van der Waals surface area (Å²) in [5.74, 6) is 0.459. The Morgan fingerprint density at radius 1 is 0.923 bits per heavy atom. The van der Waals surface area contributed by atoms with Gasteiger partial charge in [0.15, 0.2) is 0 Å². The molecule has 5 heteroatoms. The van der Waals surface area contributed by atoms with Crippen LogP contribution in [0.15, 0.2) is 48.8 Å². The predicted octanol–water partition coefficient (Wildman–Crippen LogP) is 5.17. The zero-order chi connectivity index (χ0) is 17.9. The molecule has 134 valence electrons. The second-order valence-electron chi connectivity index (χ2n) is 7.07. The van der Waals surface area contributed by atoms with Gasteiger partial charge in [0.1, 0.15) is 5.69 Å². The number of halogens is 1. The highest BCUT2D eigenvalue weighted by atomic mass is 35.5. The number of nitrogens with two attached hydrogens (primary N) is 1. The van der Waals surface area contributed by atoms with E-state index in [0.29, 0.717) is 12.0 Å². The molecule has 1 saturated carbocycles. The lowest BCUT2D eigenvalue weighted by Gasteiger charge is -2.15. The molecule has 0 bridgehead atoms. The van der Waals surface area contributed by atoms with Crippen LogP contribution in [0.2, 0.25) is 5.02 Å². The molecule has 3 N–H and O–H groups in total. The van der Waals surface area contributed by atoms with Gasteiger partial charge in [-0.05, 0) is 55.5 Å². The van der Waals surface area contributed by atoms with Crippen molar-refractivity contribution in [2.75, 3.05) is 0 Å². The van der Waals surface area contributed by atoms with Crippen LogP contribution in [0.3, 0.4) is 0 Å². The normalized spacial score (nSPS) is 20.7. The van der Waals surface area contributed by atoms with Crippen molar-refractivity contribution in [3.05, 3.63) is 59.5 Å². The van der Waals surface area contributed by atoms with Gasteiger partial charge in [0.05, 0.1) is 0 Å². The number of hydrogen-bond acceptors (Lipinski definition) is 3. The second kappa shape index (κ2) is 7.60. The smallest absolute Gasteiger partial charge is 0.100 e. The van der Waals surface area contributed by atoms with Crippen molar-refractivity contribution in [3.8, 4) is 22.4 Å². The molecular formula is C21H23ClN4. The molecule has 26 heavy (non-hydrogen) atoms. The number of pyridine rings is 1. The van der Waals surface area contributed by atoms with Gasteiger partial charge in [-0.15, -0.1) is 0 Å². The Balaban J connectivity index is 1.80. The summed E-state index contributed by atoms with van der Waals surface area (Å²) in [7, 11) is 0. The summed E-state index contributed by atoms with van der Waals surface area (Å²) in [6.45, 7) is 0. The first-order chi connectivity index (χ1) is 12.7. The zero-order valence-corrected chi connectivity index (χ0v) is 15.4. The summed E-state index contributed by atoms with van der Waals surface area (Å²) in [5, 5.41) is 8.78. The van der Waals surface area contributed by atoms with E-state index in [2.05, 4.69) is 22.2 Å². The minimum atomic E-state index is 0.322. The molecule has 0 saturated heterocycles. The average Bonchev–Trinajstić information content (AvgIpc) is 2.99. The molecule has 1 aromatic carbocycles. The van der Waals surface area contributed by atoms with Gasteiger partial charge in [0.2, 0.25) is 0 Å². The first-order valence-electron chi connectivity index (χ1n) is 9.22. The fraction of sp³-hybridized carbons (Fsp3) is 0.333. The van der Waals surface area contributed by atoms with E-state index in [1.165, 1.54) is 11.3 Å². The molecule has 1 aliphatic carbocycles. The third-order valence-electron chi connectivity index (χ3n) is 5.30. The molecule has 1 aliphatic rings. The first-order valence-corrected chi connectivity index (χ1v) is 9.60. The molecule has 2 heterocycles. The van der Waals surface area contributed by atoms with Gasteiger partial charge >= 0.3 is 0 Å². The molecule has 2 atom stereocenters. The standard InChI is InChI=1S/C21H23ClN4/c22-17-7-4-16(5-8-17)21-19(14-10-12-24-13-11-14)20(25-26-21)15-2-1-3-18(23)9-6-15/h4-5,7-8,10-13,15,18H,1-3,6,9,23H2,(H,25,26)/t15?,18-/m0/s1. The van der Waals surface area contributed by atoms with Crippen LogP contribution < -0.4 is 5.73 Å². The first kappa shape index (κ1) is 17.3. The fourth-order valence-electron chi connectivity index (χ4n) is 3.90. The molecule has 2 aromatic heterocycles. The molecule has 0 aliphatic heterocycles. The van der Waals surface area contributed by atoms with E-state index in [1.54, 1.807) is 0 Å². The summed E-state index contributed by atoms with van der Waals surface area (Å²) < 4.78 is 0. The average molecular weight is 367 g/mol. The maximum atomic E-state index is 6.19. The van der Waals surface area contributed by atoms with Gasteiger partial charge in [-0.1, -0.05) is 30.2 Å². The van der Waals surface area contributed by atoms with Crippen LogP contribution >= 0.6 is 11.6 Å². The minimum absolute atomic E-state index is 0.322. The Morgan fingerprint density at radius 2 is 1.69 bits per heavy atom. The SMILES string of the molecule is N[C@H]1CCCC(c2[nH]nc(-c3ccc(Cl)cc3)c2-c2ccncc2)CC1. The Labute approximate surface area is 158 Å². The molecular weight excluding hydrogens is 344 g/mol. The minimum Gasteiger partial charge on any atom is -0.328 e. The van der Waals surface area contributed by atoms with E-state index in [0.717, 1.165) is 53.9 Å². The van der Waals surface area contributed by atoms with E-state index < -0.39 is 0 Å². The van der Waals surface area contributed by atoms with Gasteiger partial charge < -0.3 is 5.73 Å². The van der Waals surface area contributed by atoms with Crippen molar-refractivity contribution in [2.24, 2.45) is 5.73 Å². The summed E-state index contributed by atoms with van der Waals surface area (Å²) in [5.41, 5.74) is 11.8. The maximum Gasteiger partial charge on any atom is 0.100 e. The molecule has 4 rings (SSSR count). The number of H-pyrrole nitrogens is 1. The summed E-state index contributed by atoms with van der Waals surface area (Å²) >= 11 is 6.07. The molecule has 0 spiro atoms. The number of nitrogens with one attached hydrogen (secondary N) is 1. The quantitative estimate of drug-likeness (QED) is 0.628. The third kappa shape index (κ3) is 3.53. The van der Waals surface area contributed by atoms with Gasteiger partial charge in [-0.3, -0.25) is 10.1 Å². The van der Waals surface area contributed by atoms with Gasteiger partial charge in [0.25, 0.3) is 0 Å². The molecule has 0 radical (unpaired) electrons. The number of hydrogen-bond donors (Lipinski definition) is 2.